The number of nitrogens with two attached hydrogens (primary N) is 1. The van der Waals surface area contributed by atoms with E-state index in [1.54, 1.807) is 0 Å². The van der Waals surface area contributed by atoms with E-state index in [1.807, 2.05) is 12.1 Å². The summed E-state index contributed by atoms with van der Waals surface area (Å²) < 4.78 is 0. The molecule has 0 radical (unpaired) electrons. The van der Waals surface area contributed by atoms with E-state index >= 15 is 0 Å². The van der Waals surface area contributed by atoms with Gasteiger partial charge in [-0.15, -0.1) is 0 Å². The number of rotatable bonds is 5. The van der Waals surface area contributed by atoms with Gasteiger partial charge in [-0.05, 0) is 31.0 Å². The van der Waals surface area contributed by atoms with Crippen LogP contribution in [0.25, 0.3) is 0 Å². The van der Waals surface area contributed by atoms with Gasteiger partial charge in [-0.1, -0.05) is 25.1 Å². The summed E-state index contributed by atoms with van der Waals surface area (Å²) in [4.78, 5) is 13.6. The maximum Gasteiger partial charge on any atom is 0.240 e. The van der Waals surface area contributed by atoms with E-state index in [0.717, 1.165) is 38.2 Å². The van der Waals surface area contributed by atoms with Gasteiger partial charge in [0.15, 0.2) is 0 Å². The SMILES string of the molecule is CCNCc1ccccc1N1CCCC1C(N)=O. The second-order valence-corrected chi connectivity index (χ2v) is 4.66. The lowest BCUT2D eigenvalue weighted by atomic mass is 10.1. The first-order valence-electron chi connectivity index (χ1n) is 6.58. The molecule has 4 heteroatoms. The number of hydrogen-bond donors (Lipinski definition) is 2. The Kier molecular flexibility index (Phi) is 4.20. The molecule has 0 saturated carbocycles. The average molecular weight is 247 g/mol. The monoisotopic (exact) mass is 247 g/mol. The van der Waals surface area contributed by atoms with Gasteiger partial charge >= 0.3 is 0 Å². The Morgan fingerprint density at radius 1 is 1.50 bits per heavy atom. The molecule has 0 aliphatic carbocycles. The molecule has 4 nitrogen and oxygen atoms in total. The summed E-state index contributed by atoms with van der Waals surface area (Å²) in [5, 5.41) is 3.33. The van der Waals surface area contributed by atoms with Gasteiger partial charge in [0.25, 0.3) is 0 Å². The van der Waals surface area contributed by atoms with Crippen LogP contribution in [0, 0.1) is 0 Å². The van der Waals surface area contributed by atoms with Gasteiger partial charge in [0, 0.05) is 18.8 Å². The van der Waals surface area contributed by atoms with Crippen molar-refractivity contribution >= 4 is 11.6 Å². The van der Waals surface area contributed by atoms with Crippen molar-refractivity contribution in [2.75, 3.05) is 18.0 Å². The number of hydrogen-bond acceptors (Lipinski definition) is 3. The minimum absolute atomic E-state index is 0.146. The predicted molar refractivity (Wildman–Crippen MR) is 73.4 cm³/mol. The molecule has 1 saturated heterocycles. The molecule has 1 aromatic rings. The molecule has 1 heterocycles. The zero-order chi connectivity index (χ0) is 13.0. The van der Waals surface area contributed by atoms with E-state index in [1.165, 1.54) is 5.56 Å². The standard InChI is InChI=1S/C14H21N3O/c1-2-16-10-11-6-3-4-7-12(11)17-9-5-8-13(17)14(15)18/h3-4,6-7,13,16H,2,5,8-10H2,1H3,(H2,15,18). The summed E-state index contributed by atoms with van der Waals surface area (Å²) >= 11 is 0. The van der Waals surface area contributed by atoms with E-state index in [-0.39, 0.29) is 11.9 Å². The first kappa shape index (κ1) is 12.9. The Morgan fingerprint density at radius 2 is 2.28 bits per heavy atom. The van der Waals surface area contributed by atoms with Crippen molar-refractivity contribution in [2.24, 2.45) is 5.73 Å². The van der Waals surface area contributed by atoms with Crippen molar-refractivity contribution in [3.8, 4) is 0 Å². The minimum atomic E-state index is -0.217. The van der Waals surface area contributed by atoms with Crippen LogP contribution in [0.2, 0.25) is 0 Å². The smallest absolute Gasteiger partial charge is 0.240 e. The number of para-hydroxylation sites is 1. The number of anilines is 1. The quantitative estimate of drug-likeness (QED) is 0.823. The summed E-state index contributed by atoms with van der Waals surface area (Å²) in [6.07, 6.45) is 1.90. The maximum absolute atomic E-state index is 11.5. The zero-order valence-electron chi connectivity index (χ0n) is 10.9. The Balaban J connectivity index is 2.23. The van der Waals surface area contributed by atoms with E-state index in [4.69, 9.17) is 5.73 Å². The molecule has 1 aliphatic rings. The fourth-order valence-corrected chi connectivity index (χ4v) is 2.55. The van der Waals surface area contributed by atoms with Crippen LogP contribution in [0.5, 0.6) is 0 Å². The molecule has 1 amide bonds. The highest BCUT2D eigenvalue weighted by molar-refractivity contribution is 5.84. The van der Waals surface area contributed by atoms with Gasteiger partial charge in [-0.2, -0.15) is 0 Å². The van der Waals surface area contributed by atoms with Crippen molar-refractivity contribution < 1.29 is 4.79 Å². The third-order valence-corrected chi connectivity index (χ3v) is 3.45. The summed E-state index contributed by atoms with van der Waals surface area (Å²) in [5.41, 5.74) is 7.85. The highest BCUT2D eigenvalue weighted by Crippen LogP contribution is 2.28. The topological polar surface area (TPSA) is 58.4 Å². The van der Waals surface area contributed by atoms with Crippen molar-refractivity contribution in [1.29, 1.82) is 0 Å². The van der Waals surface area contributed by atoms with Crippen molar-refractivity contribution in [3.05, 3.63) is 29.8 Å². The van der Waals surface area contributed by atoms with Crippen LogP contribution >= 0.6 is 0 Å². The van der Waals surface area contributed by atoms with Crippen molar-refractivity contribution in [2.45, 2.75) is 32.4 Å². The van der Waals surface area contributed by atoms with Crippen LogP contribution in [0.4, 0.5) is 5.69 Å². The molecule has 18 heavy (non-hydrogen) atoms. The van der Waals surface area contributed by atoms with Crippen LogP contribution in [-0.2, 0) is 11.3 Å². The lowest BCUT2D eigenvalue weighted by Gasteiger charge is -2.27. The lowest BCUT2D eigenvalue weighted by Crippen LogP contribution is -2.40. The largest absolute Gasteiger partial charge is 0.368 e. The van der Waals surface area contributed by atoms with Crippen molar-refractivity contribution in [3.63, 3.8) is 0 Å². The summed E-state index contributed by atoms with van der Waals surface area (Å²) in [7, 11) is 0. The first-order valence-corrected chi connectivity index (χ1v) is 6.58. The average Bonchev–Trinajstić information content (AvgIpc) is 2.86. The second-order valence-electron chi connectivity index (χ2n) is 4.66. The van der Waals surface area contributed by atoms with E-state index in [2.05, 4.69) is 29.3 Å². The number of nitrogens with zero attached hydrogens (tertiary/aromatic N) is 1. The van der Waals surface area contributed by atoms with E-state index in [9.17, 15) is 4.79 Å². The third kappa shape index (κ3) is 2.64. The summed E-state index contributed by atoms with van der Waals surface area (Å²) in [5.74, 6) is -0.217. The summed E-state index contributed by atoms with van der Waals surface area (Å²) in [6, 6.07) is 8.09. The molecule has 0 aromatic heterocycles. The van der Waals surface area contributed by atoms with Gasteiger partial charge < -0.3 is 16.0 Å². The third-order valence-electron chi connectivity index (χ3n) is 3.45. The predicted octanol–water partition coefficient (Wildman–Crippen LogP) is 1.25. The minimum Gasteiger partial charge on any atom is -0.368 e. The zero-order valence-corrected chi connectivity index (χ0v) is 10.9. The number of benzene rings is 1. The van der Waals surface area contributed by atoms with Crippen LogP contribution in [0.3, 0.4) is 0 Å². The molecule has 0 spiro atoms. The Labute approximate surface area is 108 Å². The summed E-state index contributed by atoms with van der Waals surface area (Å²) in [6.45, 7) is 4.77. The fraction of sp³-hybridized carbons (Fsp3) is 0.500. The number of amides is 1. The molecular formula is C14H21N3O. The van der Waals surface area contributed by atoms with E-state index in [0.29, 0.717) is 0 Å². The molecule has 98 valence electrons. The molecule has 3 N–H and O–H groups in total. The molecule has 2 rings (SSSR count). The Hall–Kier alpha value is -1.55. The normalized spacial score (nSPS) is 19.2. The number of carbonyl (C=O) groups is 1. The van der Waals surface area contributed by atoms with Gasteiger partial charge in [0.1, 0.15) is 6.04 Å². The van der Waals surface area contributed by atoms with Crippen LogP contribution in [-0.4, -0.2) is 25.0 Å². The Bertz CT molecular complexity index is 419. The molecule has 1 atom stereocenters. The van der Waals surface area contributed by atoms with Crippen LogP contribution in [0.1, 0.15) is 25.3 Å². The molecule has 1 aliphatic heterocycles. The van der Waals surface area contributed by atoms with Gasteiger partial charge in [0.2, 0.25) is 5.91 Å². The van der Waals surface area contributed by atoms with Gasteiger partial charge in [-0.25, -0.2) is 0 Å². The van der Waals surface area contributed by atoms with Gasteiger partial charge in [-0.3, -0.25) is 4.79 Å². The van der Waals surface area contributed by atoms with Crippen LogP contribution in [0.15, 0.2) is 24.3 Å². The van der Waals surface area contributed by atoms with Crippen molar-refractivity contribution in [1.82, 2.24) is 5.32 Å². The fourth-order valence-electron chi connectivity index (χ4n) is 2.55. The highest BCUT2D eigenvalue weighted by Gasteiger charge is 2.30. The maximum atomic E-state index is 11.5. The molecule has 1 aromatic carbocycles. The number of carbonyl (C=O) groups excluding carboxylic acids is 1. The van der Waals surface area contributed by atoms with Crippen LogP contribution < -0.4 is 16.0 Å². The second kappa shape index (κ2) is 5.87. The molecule has 0 bridgehead atoms. The molecule has 1 unspecified atom stereocenters. The van der Waals surface area contributed by atoms with E-state index < -0.39 is 0 Å². The Morgan fingerprint density at radius 3 is 3.00 bits per heavy atom. The first-order chi connectivity index (χ1) is 8.74. The number of nitrogens with one attached hydrogen (secondary N) is 1. The number of primary amides is 1. The highest BCUT2D eigenvalue weighted by atomic mass is 16.1. The van der Waals surface area contributed by atoms with Gasteiger partial charge in [0.05, 0.1) is 0 Å². The molecular weight excluding hydrogens is 226 g/mol. The lowest BCUT2D eigenvalue weighted by molar-refractivity contribution is -0.119. The molecule has 1 fully saturated rings.